The molecule has 1 amide bonds. The number of fused-ring (bicyclic) bond motifs is 1. The van der Waals surface area contributed by atoms with Crippen LogP contribution < -0.4 is 10.2 Å². The SMILES string of the molecule is C[C@H](NC(=O)[C@H]1CCCN(c2cnc3nccnc3c2)C1)c1cccnc1. The van der Waals surface area contributed by atoms with E-state index in [9.17, 15) is 4.79 Å². The highest BCUT2D eigenvalue weighted by Gasteiger charge is 2.27. The van der Waals surface area contributed by atoms with Crippen LogP contribution in [0.4, 0.5) is 5.69 Å². The minimum absolute atomic E-state index is 0.0459. The maximum Gasteiger partial charge on any atom is 0.225 e. The topological polar surface area (TPSA) is 83.9 Å². The highest BCUT2D eigenvalue weighted by Crippen LogP contribution is 2.25. The van der Waals surface area contributed by atoms with Crippen molar-refractivity contribution in [1.82, 2.24) is 25.3 Å². The van der Waals surface area contributed by atoms with Gasteiger partial charge in [-0.05, 0) is 37.5 Å². The monoisotopic (exact) mass is 362 g/mol. The first-order valence-electron chi connectivity index (χ1n) is 9.23. The van der Waals surface area contributed by atoms with Crippen LogP contribution in [-0.2, 0) is 4.79 Å². The predicted octanol–water partition coefficient (Wildman–Crippen LogP) is 2.51. The number of pyridine rings is 2. The molecule has 1 aliphatic rings. The second-order valence-electron chi connectivity index (χ2n) is 6.89. The molecule has 3 aromatic rings. The van der Waals surface area contributed by atoms with Crippen molar-refractivity contribution < 1.29 is 4.79 Å². The van der Waals surface area contributed by atoms with Gasteiger partial charge in [-0.2, -0.15) is 0 Å². The highest BCUT2D eigenvalue weighted by atomic mass is 16.2. The van der Waals surface area contributed by atoms with Gasteiger partial charge >= 0.3 is 0 Å². The minimum Gasteiger partial charge on any atom is -0.369 e. The molecule has 138 valence electrons. The fourth-order valence-corrected chi connectivity index (χ4v) is 3.49. The number of anilines is 1. The van der Waals surface area contributed by atoms with E-state index in [1.165, 1.54) is 0 Å². The Balaban J connectivity index is 1.44. The van der Waals surface area contributed by atoms with E-state index in [1.54, 1.807) is 24.8 Å². The Bertz CT molecular complexity index is 932. The van der Waals surface area contributed by atoms with E-state index in [0.29, 0.717) is 12.2 Å². The van der Waals surface area contributed by atoms with Crippen LogP contribution >= 0.6 is 0 Å². The van der Waals surface area contributed by atoms with Crippen LogP contribution in [0.25, 0.3) is 11.2 Å². The second kappa shape index (κ2) is 7.65. The number of amides is 1. The molecular formula is C20H22N6O. The summed E-state index contributed by atoms with van der Waals surface area (Å²) in [5.41, 5.74) is 3.40. The Morgan fingerprint density at radius 2 is 2.11 bits per heavy atom. The van der Waals surface area contributed by atoms with Crippen molar-refractivity contribution in [3.8, 4) is 0 Å². The molecule has 1 saturated heterocycles. The van der Waals surface area contributed by atoms with E-state index >= 15 is 0 Å². The number of hydrogen-bond donors (Lipinski definition) is 1. The molecule has 0 saturated carbocycles. The molecule has 0 unspecified atom stereocenters. The largest absolute Gasteiger partial charge is 0.369 e. The van der Waals surface area contributed by atoms with Gasteiger partial charge in [0, 0.05) is 37.9 Å². The van der Waals surface area contributed by atoms with Gasteiger partial charge in [-0.3, -0.25) is 14.8 Å². The molecule has 0 aromatic carbocycles. The van der Waals surface area contributed by atoms with Crippen LogP contribution in [0.2, 0.25) is 0 Å². The summed E-state index contributed by atoms with van der Waals surface area (Å²) in [6, 6.07) is 5.80. The Morgan fingerprint density at radius 1 is 1.22 bits per heavy atom. The van der Waals surface area contributed by atoms with Crippen LogP contribution in [0, 0.1) is 5.92 Å². The molecule has 1 aliphatic heterocycles. The van der Waals surface area contributed by atoms with Gasteiger partial charge in [-0.1, -0.05) is 6.07 Å². The van der Waals surface area contributed by atoms with Crippen LogP contribution in [0.1, 0.15) is 31.4 Å². The van der Waals surface area contributed by atoms with E-state index in [2.05, 4.69) is 30.2 Å². The van der Waals surface area contributed by atoms with Gasteiger partial charge in [0.15, 0.2) is 5.65 Å². The van der Waals surface area contributed by atoms with E-state index in [1.807, 2.05) is 31.3 Å². The van der Waals surface area contributed by atoms with Gasteiger partial charge in [0.1, 0.15) is 5.52 Å². The number of carbonyl (C=O) groups is 1. The second-order valence-corrected chi connectivity index (χ2v) is 6.89. The molecule has 4 rings (SSSR count). The number of nitrogens with zero attached hydrogens (tertiary/aromatic N) is 5. The molecule has 1 N–H and O–H groups in total. The maximum atomic E-state index is 12.8. The van der Waals surface area contributed by atoms with Crippen LogP contribution in [0.15, 0.2) is 49.2 Å². The predicted molar refractivity (Wildman–Crippen MR) is 103 cm³/mol. The lowest BCUT2D eigenvalue weighted by Crippen LogP contribution is -2.43. The molecule has 3 aromatic heterocycles. The Labute approximate surface area is 157 Å². The van der Waals surface area contributed by atoms with Crippen molar-refractivity contribution >= 4 is 22.8 Å². The third-order valence-corrected chi connectivity index (χ3v) is 5.01. The third kappa shape index (κ3) is 3.86. The van der Waals surface area contributed by atoms with Gasteiger partial charge in [-0.25, -0.2) is 9.97 Å². The normalized spacial score (nSPS) is 18.3. The fourth-order valence-electron chi connectivity index (χ4n) is 3.49. The quantitative estimate of drug-likeness (QED) is 0.768. The van der Waals surface area contributed by atoms with Crippen molar-refractivity contribution in [3.63, 3.8) is 0 Å². The highest BCUT2D eigenvalue weighted by molar-refractivity contribution is 5.80. The Hall–Kier alpha value is -3.09. The Kier molecular flexibility index (Phi) is 4.91. The number of rotatable bonds is 4. The van der Waals surface area contributed by atoms with E-state index in [0.717, 1.165) is 36.2 Å². The van der Waals surface area contributed by atoms with Gasteiger partial charge < -0.3 is 10.2 Å². The zero-order valence-corrected chi connectivity index (χ0v) is 15.2. The van der Waals surface area contributed by atoms with Crippen molar-refractivity contribution in [2.75, 3.05) is 18.0 Å². The molecule has 1 fully saturated rings. The van der Waals surface area contributed by atoms with Crippen LogP contribution in [-0.4, -0.2) is 38.9 Å². The number of aromatic nitrogens is 4. The summed E-state index contributed by atoms with van der Waals surface area (Å²) in [4.78, 5) is 32.0. The smallest absolute Gasteiger partial charge is 0.225 e. The van der Waals surface area contributed by atoms with E-state index in [4.69, 9.17) is 0 Å². The molecular weight excluding hydrogens is 340 g/mol. The molecule has 0 aliphatic carbocycles. The molecule has 0 bridgehead atoms. The van der Waals surface area contributed by atoms with Crippen molar-refractivity contribution in [3.05, 3.63) is 54.7 Å². The average molecular weight is 362 g/mol. The van der Waals surface area contributed by atoms with Crippen molar-refractivity contribution in [1.29, 1.82) is 0 Å². The van der Waals surface area contributed by atoms with Crippen LogP contribution in [0.5, 0.6) is 0 Å². The summed E-state index contributed by atoms with van der Waals surface area (Å²) >= 11 is 0. The molecule has 4 heterocycles. The maximum absolute atomic E-state index is 12.8. The Morgan fingerprint density at radius 3 is 2.96 bits per heavy atom. The first-order chi connectivity index (χ1) is 13.2. The average Bonchev–Trinajstić information content (AvgIpc) is 2.74. The first-order valence-corrected chi connectivity index (χ1v) is 9.23. The number of carbonyl (C=O) groups excluding carboxylic acids is 1. The summed E-state index contributed by atoms with van der Waals surface area (Å²) in [6.45, 7) is 3.58. The van der Waals surface area contributed by atoms with Crippen LogP contribution in [0.3, 0.4) is 0 Å². The molecule has 2 atom stereocenters. The molecule has 7 heteroatoms. The molecule has 7 nitrogen and oxygen atoms in total. The molecule has 27 heavy (non-hydrogen) atoms. The summed E-state index contributed by atoms with van der Waals surface area (Å²) in [6.07, 6.45) is 10.5. The summed E-state index contributed by atoms with van der Waals surface area (Å²) in [5, 5.41) is 3.12. The number of nitrogens with one attached hydrogen (secondary N) is 1. The molecule has 0 spiro atoms. The lowest BCUT2D eigenvalue weighted by Gasteiger charge is -2.34. The minimum atomic E-state index is -0.0563. The summed E-state index contributed by atoms with van der Waals surface area (Å²) < 4.78 is 0. The van der Waals surface area contributed by atoms with Crippen molar-refractivity contribution in [2.24, 2.45) is 5.92 Å². The first kappa shape index (κ1) is 17.3. The summed E-state index contributed by atoms with van der Waals surface area (Å²) in [7, 11) is 0. The third-order valence-electron chi connectivity index (χ3n) is 5.01. The van der Waals surface area contributed by atoms with E-state index < -0.39 is 0 Å². The van der Waals surface area contributed by atoms with Gasteiger partial charge in [0.2, 0.25) is 5.91 Å². The van der Waals surface area contributed by atoms with Gasteiger partial charge in [0.05, 0.1) is 23.8 Å². The molecule has 0 radical (unpaired) electrons. The summed E-state index contributed by atoms with van der Waals surface area (Å²) in [5.74, 6) is 0.0417. The standard InChI is InChI=1S/C20H22N6O/c1-14(15-4-2-6-21-11-15)25-20(27)16-5-3-9-26(13-16)17-10-18-19(24-12-17)23-8-7-22-18/h2,4,6-8,10-12,14,16H,3,5,9,13H2,1H3,(H,25,27)/t14-,16-/m0/s1. The number of hydrogen-bond acceptors (Lipinski definition) is 6. The van der Waals surface area contributed by atoms with Crippen molar-refractivity contribution in [2.45, 2.75) is 25.8 Å². The van der Waals surface area contributed by atoms with E-state index in [-0.39, 0.29) is 17.9 Å². The van der Waals surface area contributed by atoms with Gasteiger partial charge in [0.25, 0.3) is 0 Å². The zero-order chi connectivity index (χ0) is 18.6. The lowest BCUT2D eigenvalue weighted by atomic mass is 9.96. The number of piperidine rings is 1. The zero-order valence-electron chi connectivity index (χ0n) is 15.2. The lowest BCUT2D eigenvalue weighted by molar-refractivity contribution is -0.125. The van der Waals surface area contributed by atoms with Gasteiger partial charge in [-0.15, -0.1) is 0 Å². The fraction of sp³-hybridized carbons (Fsp3) is 0.350.